The fourth-order valence-electron chi connectivity index (χ4n) is 3.37. The van der Waals surface area contributed by atoms with Crippen molar-refractivity contribution in [1.82, 2.24) is 15.1 Å². The summed E-state index contributed by atoms with van der Waals surface area (Å²) in [4.78, 5) is 12.5. The molecule has 2 atom stereocenters. The summed E-state index contributed by atoms with van der Waals surface area (Å²) in [6.07, 6.45) is 0.00297. The number of nitrogens with zero attached hydrogens (tertiary/aromatic N) is 2. The number of aromatic nitrogens is 2. The van der Waals surface area contributed by atoms with Crippen molar-refractivity contribution in [2.75, 3.05) is 0 Å². The Kier molecular flexibility index (Phi) is 5.27. The lowest BCUT2D eigenvalue weighted by molar-refractivity contribution is -0.143. The summed E-state index contributed by atoms with van der Waals surface area (Å²) in [6.45, 7) is 2.00. The molecule has 1 heterocycles. The van der Waals surface area contributed by atoms with E-state index in [0.717, 1.165) is 31.9 Å². The van der Waals surface area contributed by atoms with Crippen LogP contribution in [0.1, 0.15) is 48.7 Å². The van der Waals surface area contributed by atoms with Crippen molar-refractivity contribution in [3.63, 3.8) is 0 Å². The molecule has 2 unspecified atom stereocenters. The fourth-order valence-corrected chi connectivity index (χ4v) is 3.55. The molecule has 1 amide bonds. The zero-order valence-electron chi connectivity index (χ0n) is 14.2. The van der Waals surface area contributed by atoms with Gasteiger partial charge in [-0.3, -0.25) is 4.79 Å². The first-order chi connectivity index (χ1) is 12.3. The van der Waals surface area contributed by atoms with Crippen LogP contribution in [-0.2, 0) is 6.18 Å². The van der Waals surface area contributed by atoms with Gasteiger partial charge in [0.15, 0.2) is 5.69 Å². The molecule has 1 aliphatic carbocycles. The van der Waals surface area contributed by atoms with Crippen LogP contribution in [0, 0.1) is 5.92 Å². The van der Waals surface area contributed by atoms with Crippen LogP contribution >= 0.6 is 11.6 Å². The van der Waals surface area contributed by atoms with E-state index in [1.807, 2.05) is 6.92 Å². The second kappa shape index (κ2) is 7.31. The van der Waals surface area contributed by atoms with E-state index in [9.17, 15) is 18.0 Å². The molecule has 26 heavy (non-hydrogen) atoms. The Hall–Kier alpha value is -2.02. The van der Waals surface area contributed by atoms with Gasteiger partial charge in [-0.05, 0) is 37.0 Å². The molecule has 1 fully saturated rings. The Morgan fingerprint density at radius 2 is 2.04 bits per heavy atom. The molecule has 4 nitrogen and oxygen atoms in total. The van der Waals surface area contributed by atoms with E-state index in [4.69, 9.17) is 11.6 Å². The first-order valence-electron chi connectivity index (χ1n) is 8.49. The number of hydrogen-bond donors (Lipinski definition) is 1. The first-order valence-corrected chi connectivity index (χ1v) is 8.87. The highest BCUT2D eigenvalue weighted by atomic mass is 35.5. The summed E-state index contributed by atoms with van der Waals surface area (Å²) < 4.78 is 41.7. The molecule has 140 valence electrons. The maximum absolute atomic E-state index is 13.7. The number of rotatable bonds is 3. The third-order valence-corrected chi connectivity index (χ3v) is 5.00. The fraction of sp³-hybridized carbons (Fsp3) is 0.444. The molecule has 8 heteroatoms. The average molecular weight is 386 g/mol. The molecule has 1 N–H and O–H groups in total. The zero-order valence-corrected chi connectivity index (χ0v) is 14.9. The number of nitrogens with one attached hydrogen (secondary N) is 1. The van der Waals surface area contributed by atoms with E-state index in [-0.39, 0.29) is 22.7 Å². The average Bonchev–Trinajstić information content (AvgIpc) is 3.02. The smallest absolute Gasteiger partial charge is 0.349 e. The number of halogens is 4. The van der Waals surface area contributed by atoms with Crippen LogP contribution in [0.25, 0.3) is 5.69 Å². The van der Waals surface area contributed by atoms with Crippen molar-refractivity contribution < 1.29 is 18.0 Å². The van der Waals surface area contributed by atoms with E-state index in [0.29, 0.717) is 4.68 Å². The lowest BCUT2D eigenvalue weighted by atomic mass is 9.86. The van der Waals surface area contributed by atoms with Crippen molar-refractivity contribution in [3.8, 4) is 5.69 Å². The molecule has 0 spiro atoms. The number of carbonyl (C=O) groups excluding carboxylic acids is 1. The predicted octanol–water partition coefficient (Wildman–Crippen LogP) is 4.85. The Morgan fingerprint density at radius 1 is 1.31 bits per heavy atom. The van der Waals surface area contributed by atoms with Crippen LogP contribution in [0.4, 0.5) is 13.2 Å². The van der Waals surface area contributed by atoms with Crippen LogP contribution in [0.2, 0.25) is 5.02 Å². The molecule has 1 saturated carbocycles. The zero-order chi connectivity index (χ0) is 18.9. The van der Waals surface area contributed by atoms with Crippen LogP contribution in [0.3, 0.4) is 0 Å². The van der Waals surface area contributed by atoms with E-state index in [2.05, 4.69) is 10.4 Å². The minimum absolute atomic E-state index is 0.119. The lowest BCUT2D eigenvalue weighted by Gasteiger charge is -2.29. The van der Waals surface area contributed by atoms with Gasteiger partial charge in [0.05, 0.1) is 17.4 Å². The number of carbonyl (C=O) groups is 1. The third kappa shape index (κ3) is 3.87. The maximum atomic E-state index is 13.7. The van der Waals surface area contributed by atoms with Gasteiger partial charge in [0.1, 0.15) is 0 Å². The van der Waals surface area contributed by atoms with Crippen LogP contribution in [-0.4, -0.2) is 21.7 Å². The highest BCUT2D eigenvalue weighted by Crippen LogP contribution is 2.34. The van der Waals surface area contributed by atoms with Gasteiger partial charge in [-0.1, -0.05) is 37.4 Å². The van der Waals surface area contributed by atoms with Gasteiger partial charge in [-0.2, -0.15) is 18.3 Å². The van der Waals surface area contributed by atoms with Gasteiger partial charge in [0.2, 0.25) is 0 Å². The summed E-state index contributed by atoms with van der Waals surface area (Å²) in [5.41, 5.74) is -1.43. The highest BCUT2D eigenvalue weighted by Gasteiger charge is 2.41. The summed E-state index contributed by atoms with van der Waals surface area (Å²) in [5.74, 6) is -0.505. The molecule has 1 aliphatic rings. The highest BCUT2D eigenvalue weighted by molar-refractivity contribution is 6.30. The first kappa shape index (κ1) is 18.8. The molecule has 1 aromatic carbocycles. The standard InChI is InChI=1S/C18H19ClF3N3O/c1-11-5-2-3-8-15(11)24-17(26)14-10-23-25(16(14)18(20,21)22)13-7-4-6-12(19)9-13/h4,6-7,9-11,15H,2-3,5,8H2,1H3,(H,24,26). The lowest BCUT2D eigenvalue weighted by Crippen LogP contribution is -2.41. The maximum Gasteiger partial charge on any atom is 0.434 e. The largest absolute Gasteiger partial charge is 0.434 e. The Labute approximate surface area is 154 Å². The number of amides is 1. The molecule has 0 bridgehead atoms. The third-order valence-electron chi connectivity index (χ3n) is 4.76. The minimum Gasteiger partial charge on any atom is -0.349 e. The SMILES string of the molecule is CC1CCCCC1NC(=O)c1cnn(-c2cccc(Cl)c2)c1C(F)(F)F. The monoisotopic (exact) mass is 385 g/mol. The topological polar surface area (TPSA) is 46.9 Å². The second-order valence-electron chi connectivity index (χ2n) is 6.64. The van der Waals surface area contributed by atoms with Crippen LogP contribution < -0.4 is 5.32 Å². The summed E-state index contributed by atoms with van der Waals surface area (Å²) in [6, 6.07) is 5.79. The number of hydrogen-bond acceptors (Lipinski definition) is 2. The van der Waals surface area contributed by atoms with Crippen molar-refractivity contribution in [2.45, 2.75) is 44.8 Å². The van der Waals surface area contributed by atoms with Crippen molar-refractivity contribution in [1.29, 1.82) is 0 Å². The molecule has 3 rings (SSSR count). The van der Waals surface area contributed by atoms with E-state index >= 15 is 0 Å². The minimum atomic E-state index is -4.73. The molecule has 2 aromatic rings. The Morgan fingerprint density at radius 3 is 2.69 bits per heavy atom. The molecular formula is C18H19ClF3N3O. The van der Waals surface area contributed by atoms with Gasteiger partial charge in [0, 0.05) is 11.1 Å². The van der Waals surface area contributed by atoms with Crippen LogP contribution in [0.5, 0.6) is 0 Å². The van der Waals surface area contributed by atoms with Gasteiger partial charge >= 0.3 is 6.18 Å². The van der Waals surface area contributed by atoms with Crippen molar-refractivity contribution >= 4 is 17.5 Å². The van der Waals surface area contributed by atoms with Crippen molar-refractivity contribution in [3.05, 3.63) is 46.7 Å². The molecule has 0 saturated heterocycles. The van der Waals surface area contributed by atoms with Gasteiger partial charge < -0.3 is 5.32 Å². The van der Waals surface area contributed by atoms with Gasteiger partial charge in [0.25, 0.3) is 5.91 Å². The van der Waals surface area contributed by atoms with Crippen molar-refractivity contribution in [2.24, 2.45) is 5.92 Å². The van der Waals surface area contributed by atoms with E-state index in [1.54, 1.807) is 6.07 Å². The Balaban J connectivity index is 1.96. The van der Waals surface area contributed by atoms with Crippen LogP contribution in [0.15, 0.2) is 30.5 Å². The predicted molar refractivity (Wildman–Crippen MR) is 92.5 cm³/mol. The second-order valence-corrected chi connectivity index (χ2v) is 7.07. The number of alkyl halides is 3. The summed E-state index contributed by atoms with van der Waals surface area (Å²) >= 11 is 5.87. The molecule has 1 aromatic heterocycles. The molecular weight excluding hydrogens is 367 g/mol. The van der Waals surface area contributed by atoms with Gasteiger partial charge in [-0.25, -0.2) is 4.68 Å². The molecule has 0 radical (unpaired) electrons. The quantitative estimate of drug-likeness (QED) is 0.820. The summed E-state index contributed by atoms with van der Waals surface area (Å²) in [5, 5.41) is 6.84. The normalized spacial score (nSPS) is 20.8. The van der Waals surface area contributed by atoms with E-state index in [1.165, 1.54) is 18.2 Å². The van der Waals surface area contributed by atoms with Gasteiger partial charge in [-0.15, -0.1) is 0 Å². The number of benzene rings is 1. The summed E-state index contributed by atoms with van der Waals surface area (Å²) in [7, 11) is 0. The van der Waals surface area contributed by atoms with E-state index < -0.39 is 23.3 Å². The molecule has 0 aliphatic heterocycles. The Bertz CT molecular complexity index is 803.